The van der Waals surface area contributed by atoms with Crippen molar-refractivity contribution in [3.05, 3.63) is 23.8 Å². The van der Waals surface area contributed by atoms with E-state index in [0.717, 1.165) is 50.6 Å². The summed E-state index contributed by atoms with van der Waals surface area (Å²) in [4.78, 5) is 0. The lowest BCUT2D eigenvalue weighted by Crippen LogP contribution is -2.24. The van der Waals surface area contributed by atoms with Crippen LogP contribution in [0.1, 0.15) is 45.6 Å². The van der Waals surface area contributed by atoms with Gasteiger partial charge < -0.3 is 14.8 Å². The first-order valence-corrected chi connectivity index (χ1v) is 7.80. The molecule has 0 aliphatic carbocycles. The zero-order chi connectivity index (χ0) is 14.4. The lowest BCUT2D eigenvalue weighted by atomic mass is 9.82. The van der Waals surface area contributed by atoms with Crippen molar-refractivity contribution in [3.8, 4) is 11.5 Å². The highest BCUT2D eigenvalue weighted by atomic mass is 16.5. The molecule has 1 saturated heterocycles. The van der Waals surface area contributed by atoms with Gasteiger partial charge in [0.2, 0.25) is 0 Å². The van der Waals surface area contributed by atoms with Crippen LogP contribution in [0.3, 0.4) is 0 Å². The molecule has 3 nitrogen and oxygen atoms in total. The Balaban J connectivity index is 2.22. The van der Waals surface area contributed by atoms with E-state index in [9.17, 15) is 0 Å². The summed E-state index contributed by atoms with van der Waals surface area (Å²) < 4.78 is 11.7. The van der Waals surface area contributed by atoms with E-state index >= 15 is 0 Å². The molecule has 1 unspecified atom stereocenters. The minimum Gasteiger partial charge on any atom is -0.490 e. The van der Waals surface area contributed by atoms with Crippen LogP contribution in [0.15, 0.2) is 18.2 Å². The molecule has 1 heterocycles. The van der Waals surface area contributed by atoms with Crippen molar-refractivity contribution in [2.75, 3.05) is 26.3 Å². The minimum absolute atomic E-state index is 0.216. The van der Waals surface area contributed by atoms with E-state index in [1.807, 2.05) is 0 Å². The summed E-state index contributed by atoms with van der Waals surface area (Å²) in [5, 5.41) is 3.45. The SMILES string of the molecule is CCCOc1ccc(C2(C)CCNC2)cc1OCCC. The summed E-state index contributed by atoms with van der Waals surface area (Å²) in [6.45, 7) is 10.2. The second-order valence-electron chi connectivity index (χ2n) is 5.85. The standard InChI is InChI=1S/C17H27NO2/c1-4-10-19-15-7-6-14(12-16(15)20-11-5-2)17(3)8-9-18-13-17/h6-7,12,18H,4-5,8-11,13H2,1-3H3. The topological polar surface area (TPSA) is 30.5 Å². The molecule has 1 N–H and O–H groups in total. The summed E-state index contributed by atoms with van der Waals surface area (Å²) in [6, 6.07) is 6.43. The molecular weight excluding hydrogens is 250 g/mol. The first-order valence-electron chi connectivity index (χ1n) is 7.80. The zero-order valence-electron chi connectivity index (χ0n) is 13.0. The van der Waals surface area contributed by atoms with Gasteiger partial charge in [0, 0.05) is 12.0 Å². The van der Waals surface area contributed by atoms with Gasteiger partial charge in [0.25, 0.3) is 0 Å². The lowest BCUT2D eigenvalue weighted by molar-refractivity contribution is 0.267. The maximum absolute atomic E-state index is 5.88. The van der Waals surface area contributed by atoms with Gasteiger partial charge in [-0.1, -0.05) is 26.8 Å². The normalized spacial score (nSPS) is 21.9. The molecule has 2 rings (SSSR count). The Morgan fingerprint density at radius 3 is 2.40 bits per heavy atom. The van der Waals surface area contributed by atoms with Crippen LogP contribution >= 0.6 is 0 Å². The molecule has 3 heteroatoms. The molecule has 0 amide bonds. The van der Waals surface area contributed by atoms with Gasteiger partial charge in [-0.05, 0) is 43.5 Å². The van der Waals surface area contributed by atoms with E-state index in [4.69, 9.17) is 9.47 Å². The second-order valence-corrected chi connectivity index (χ2v) is 5.85. The number of ether oxygens (including phenoxy) is 2. The second kappa shape index (κ2) is 6.98. The Hall–Kier alpha value is -1.22. The summed E-state index contributed by atoms with van der Waals surface area (Å²) in [5.74, 6) is 1.77. The predicted molar refractivity (Wildman–Crippen MR) is 82.9 cm³/mol. The maximum atomic E-state index is 5.88. The maximum Gasteiger partial charge on any atom is 0.161 e. The van der Waals surface area contributed by atoms with Gasteiger partial charge >= 0.3 is 0 Å². The van der Waals surface area contributed by atoms with Crippen LogP contribution in [0.2, 0.25) is 0 Å². The first-order chi connectivity index (χ1) is 9.69. The highest BCUT2D eigenvalue weighted by Gasteiger charge is 2.31. The Kier molecular flexibility index (Phi) is 5.30. The van der Waals surface area contributed by atoms with Crippen LogP contribution < -0.4 is 14.8 Å². The summed E-state index contributed by atoms with van der Waals surface area (Å²) in [5.41, 5.74) is 1.56. The van der Waals surface area contributed by atoms with Gasteiger partial charge in [-0.25, -0.2) is 0 Å². The Bertz CT molecular complexity index is 425. The van der Waals surface area contributed by atoms with Crippen molar-refractivity contribution < 1.29 is 9.47 Å². The lowest BCUT2D eigenvalue weighted by Gasteiger charge is -2.24. The molecule has 1 aromatic rings. The molecule has 0 spiro atoms. The third-order valence-corrected chi connectivity index (χ3v) is 3.93. The third kappa shape index (κ3) is 3.45. The molecular formula is C17H27NO2. The summed E-state index contributed by atoms with van der Waals surface area (Å²) in [6.07, 6.45) is 3.20. The van der Waals surface area contributed by atoms with Crippen LogP contribution in [0.5, 0.6) is 11.5 Å². The number of hydrogen-bond donors (Lipinski definition) is 1. The molecule has 0 bridgehead atoms. The van der Waals surface area contributed by atoms with Gasteiger partial charge in [-0.15, -0.1) is 0 Å². The van der Waals surface area contributed by atoms with E-state index < -0.39 is 0 Å². The van der Waals surface area contributed by atoms with Gasteiger partial charge in [-0.3, -0.25) is 0 Å². The molecule has 1 fully saturated rings. The fourth-order valence-corrected chi connectivity index (χ4v) is 2.60. The van der Waals surface area contributed by atoms with E-state index in [1.165, 1.54) is 12.0 Å². The Morgan fingerprint density at radius 2 is 1.80 bits per heavy atom. The van der Waals surface area contributed by atoms with Gasteiger partial charge in [0.15, 0.2) is 11.5 Å². The average molecular weight is 277 g/mol. The van der Waals surface area contributed by atoms with E-state index in [0.29, 0.717) is 0 Å². The first kappa shape index (κ1) is 15.2. The van der Waals surface area contributed by atoms with E-state index in [2.05, 4.69) is 44.3 Å². The van der Waals surface area contributed by atoms with Crippen molar-refractivity contribution >= 4 is 0 Å². The van der Waals surface area contributed by atoms with Crippen LogP contribution in [0, 0.1) is 0 Å². The average Bonchev–Trinajstić information content (AvgIpc) is 2.91. The number of hydrogen-bond acceptors (Lipinski definition) is 3. The number of rotatable bonds is 7. The quantitative estimate of drug-likeness (QED) is 0.827. The molecule has 112 valence electrons. The molecule has 1 aromatic carbocycles. The van der Waals surface area contributed by atoms with Crippen molar-refractivity contribution in [1.82, 2.24) is 5.32 Å². The van der Waals surface area contributed by atoms with Gasteiger partial charge in [0.05, 0.1) is 13.2 Å². The molecule has 1 aliphatic rings. The van der Waals surface area contributed by atoms with E-state index in [1.54, 1.807) is 0 Å². The number of benzene rings is 1. The molecule has 1 atom stereocenters. The highest BCUT2D eigenvalue weighted by Crippen LogP contribution is 2.36. The van der Waals surface area contributed by atoms with Crippen molar-refractivity contribution in [1.29, 1.82) is 0 Å². The van der Waals surface area contributed by atoms with Crippen molar-refractivity contribution in [2.45, 2.75) is 45.4 Å². The third-order valence-electron chi connectivity index (χ3n) is 3.93. The predicted octanol–water partition coefficient (Wildman–Crippen LogP) is 3.52. The van der Waals surface area contributed by atoms with Crippen LogP contribution in [-0.4, -0.2) is 26.3 Å². The van der Waals surface area contributed by atoms with E-state index in [-0.39, 0.29) is 5.41 Å². The molecule has 0 radical (unpaired) electrons. The highest BCUT2D eigenvalue weighted by molar-refractivity contribution is 5.45. The summed E-state index contributed by atoms with van der Waals surface area (Å²) in [7, 11) is 0. The summed E-state index contributed by atoms with van der Waals surface area (Å²) >= 11 is 0. The molecule has 0 saturated carbocycles. The van der Waals surface area contributed by atoms with Crippen LogP contribution in [0.25, 0.3) is 0 Å². The Morgan fingerprint density at radius 1 is 1.10 bits per heavy atom. The minimum atomic E-state index is 0.216. The van der Waals surface area contributed by atoms with Crippen LogP contribution in [0.4, 0.5) is 0 Å². The fourth-order valence-electron chi connectivity index (χ4n) is 2.60. The monoisotopic (exact) mass is 277 g/mol. The van der Waals surface area contributed by atoms with Crippen molar-refractivity contribution in [3.63, 3.8) is 0 Å². The number of nitrogens with one attached hydrogen (secondary N) is 1. The van der Waals surface area contributed by atoms with Crippen LogP contribution in [-0.2, 0) is 5.41 Å². The molecule has 1 aliphatic heterocycles. The van der Waals surface area contributed by atoms with Gasteiger partial charge in [-0.2, -0.15) is 0 Å². The fraction of sp³-hybridized carbons (Fsp3) is 0.647. The Labute approximate surface area is 122 Å². The van der Waals surface area contributed by atoms with Crippen molar-refractivity contribution in [2.24, 2.45) is 0 Å². The molecule has 20 heavy (non-hydrogen) atoms. The molecule has 0 aromatic heterocycles. The largest absolute Gasteiger partial charge is 0.490 e. The smallest absolute Gasteiger partial charge is 0.161 e. The zero-order valence-corrected chi connectivity index (χ0v) is 13.0. The van der Waals surface area contributed by atoms with Gasteiger partial charge in [0.1, 0.15) is 0 Å².